The first kappa shape index (κ1) is 27.6. The van der Waals surface area contributed by atoms with Crippen LogP contribution < -0.4 is 18.9 Å². The van der Waals surface area contributed by atoms with Crippen molar-refractivity contribution in [2.45, 2.75) is 64.0 Å². The molecule has 8 heteroatoms. The molecule has 206 valence electrons. The van der Waals surface area contributed by atoms with Crippen LogP contribution in [0.2, 0.25) is 0 Å². The number of carbonyl (C=O) groups is 2. The van der Waals surface area contributed by atoms with Gasteiger partial charge in [-0.2, -0.15) is 0 Å². The Labute approximate surface area is 225 Å². The third-order valence-corrected chi connectivity index (χ3v) is 7.61. The molecule has 1 saturated heterocycles. The maximum atomic E-state index is 14.1. The molecule has 1 atom stereocenters. The summed E-state index contributed by atoms with van der Waals surface area (Å²) >= 11 is 0. The molecule has 1 saturated carbocycles. The second-order valence-corrected chi connectivity index (χ2v) is 9.88. The first-order chi connectivity index (χ1) is 18.5. The molecule has 2 aliphatic rings. The van der Waals surface area contributed by atoms with Crippen LogP contribution in [0.15, 0.2) is 36.4 Å². The Morgan fingerprint density at radius 3 is 2.13 bits per heavy atom. The summed E-state index contributed by atoms with van der Waals surface area (Å²) in [6.45, 7) is 2.94. The van der Waals surface area contributed by atoms with Gasteiger partial charge in [0.25, 0.3) is 5.91 Å². The molecule has 1 aliphatic carbocycles. The summed E-state index contributed by atoms with van der Waals surface area (Å²) in [5.41, 5.74) is 1.73. The van der Waals surface area contributed by atoms with Gasteiger partial charge < -0.3 is 28.7 Å². The number of carbonyl (C=O) groups excluding carboxylic acids is 2. The standard InChI is InChI=1S/C30H40N2O6/c1-5-38-25-15-13-22(19-27(25)37-4)29-30(34)32(23-10-8-6-7-9-11-23)20-28(33)31(29)17-16-21-12-14-24(35-2)26(18-21)36-3/h12-15,18-19,23,29H,5-11,16-17,20H2,1-4H3/t29-/m0/s1. The highest BCUT2D eigenvalue weighted by Crippen LogP contribution is 2.37. The quantitative estimate of drug-likeness (QED) is 0.416. The molecule has 2 fully saturated rings. The topological polar surface area (TPSA) is 77.5 Å². The zero-order valence-corrected chi connectivity index (χ0v) is 23.0. The monoisotopic (exact) mass is 524 g/mol. The zero-order valence-electron chi connectivity index (χ0n) is 23.0. The van der Waals surface area contributed by atoms with Gasteiger partial charge >= 0.3 is 0 Å². The van der Waals surface area contributed by atoms with Gasteiger partial charge in [0.05, 0.1) is 27.9 Å². The minimum atomic E-state index is -0.718. The van der Waals surface area contributed by atoms with Crippen molar-refractivity contribution >= 4 is 11.8 Å². The van der Waals surface area contributed by atoms with Gasteiger partial charge in [0, 0.05) is 12.6 Å². The third kappa shape index (κ3) is 6.00. The first-order valence-corrected chi connectivity index (χ1v) is 13.6. The minimum absolute atomic E-state index is 0.0185. The number of benzene rings is 2. The largest absolute Gasteiger partial charge is 0.493 e. The van der Waals surface area contributed by atoms with Gasteiger partial charge in [-0.25, -0.2) is 0 Å². The van der Waals surface area contributed by atoms with Crippen molar-refractivity contribution in [2.24, 2.45) is 0 Å². The van der Waals surface area contributed by atoms with Gasteiger partial charge in [-0.05, 0) is 61.6 Å². The molecule has 2 aromatic carbocycles. The van der Waals surface area contributed by atoms with Crippen molar-refractivity contribution in [3.63, 3.8) is 0 Å². The van der Waals surface area contributed by atoms with Crippen LogP contribution in [0.3, 0.4) is 0 Å². The molecule has 2 aromatic rings. The molecule has 8 nitrogen and oxygen atoms in total. The van der Waals surface area contributed by atoms with Crippen molar-refractivity contribution in [3.8, 4) is 23.0 Å². The highest BCUT2D eigenvalue weighted by atomic mass is 16.5. The van der Waals surface area contributed by atoms with Crippen molar-refractivity contribution in [1.29, 1.82) is 0 Å². The maximum Gasteiger partial charge on any atom is 0.250 e. The third-order valence-electron chi connectivity index (χ3n) is 7.61. The number of rotatable bonds is 10. The van der Waals surface area contributed by atoms with Crippen molar-refractivity contribution in [3.05, 3.63) is 47.5 Å². The summed E-state index contributed by atoms with van der Waals surface area (Å²) in [7, 11) is 4.79. The fourth-order valence-electron chi connectivity index (χ4n) is 5.62. The number of piperazine rings is 1. The van der Waals surface area contributed by atoms with Gasteiger partial charge in [-0.15, -0.1) is 0 Å². The number of hydrogen-bond acceptors (Lipinski definition) is 6. The highest BCUT2D eigenvalue weighted by Gasteiger charge is 2.42. The molecule has 0 unspecified atom stereocenters. The number of methoxy groups -OCH3 is 3. The summed E-state index contributed by atoms with van der Waals surface area (Å²) in [6, 6.07) is 10.7. The Balaban J connectivity index is 1.65. The molecule has 0 aromatic heterocycles. The van der Waals surface area contributed by atoms with Gasteiger partial charge in [0.15, 0.2) is 23.0 Å². The lowest BCUT2D eigenvalue weighted by atomic mass is 9.96. The number of amides is 2. The summed E-state index contributed by atoms with van der Waals surface area (Å²) in [5, 5.41) is 0. The number of hydrogen-bond donors (Lipinski definition) is 0. The first-order valence-electron chi connectivity index (χ1n) is 13.6. The van der Waals surface area contributed by atoms with Crippen LogP contribution in [0.1, 0.15) is 62.6 Å². The van der Waals surface area contributed by atoms with E-state index < -0.39 is 6.04 Å². The van der Waals surface area contributed by atoms with E-state index in [1.54, 1.807) is 26.2 Å². The second-order valence-electron chi connectivity index (χ2n) is 9.88. The molecule has 0 spiro atoms. The van der Waals surface area contributed by atoms with Gasteiger partial charge in [-0.3, -0.25) is 9.59 Å². The summed E-state index contributed by atoms with van der Waals surface area (Å²) in [6.07, 6.45) is 7.02. The van der Waals surface area contributed by atoms with Gasteiger partial charge in [0.1, 0.15) is 12.6 Å². The predicted octanol–water partition coefficient (Wildman–Crippen LogP) is 4.79. The van der Waals surface area contributed by atoms with E-state index in [1.165, 1.54) is 12.8 Å². The van der Waals surface area contributed by atoms with Gasteiger partial charge in [0.2, 0.25) is 5.91 Å². The second kappa shape index (κ2) is 12.9. The van der Waals surface area contributed by atoms with Crippen LogP contribution >= 0.6 is 0 Å². The molecule has 2 amide bonds. The summed E-state index contributed by atoms with van der Waals surface area (Å²) in [5.74, 6) is 2.40. The maximum absolute atomic E-state index is 14.1. The Kier molecular flexibility index (Phi) is 9.37. The Hall–Kier alpha value is -3.42. The van der Waals surface area contributed by atoms with Crippen molar-refractivity contribution in [2.75, 3.05) is 41.0 Å². The lowest BCUT2D eigenvalue weighted by molar-refractivity contribution is -0.158. The average Bonchev–Trinajstić information content (AvgIpc) is 3.23. The normalized spacial score (nSPS) is 18.8. The van der Waals surface area contributed by atoms with Gasteiger partial charge in [-0.1, -0.05) is 37.8 Å². The van der Waals surface area contributed by atoms with E-state index in [2.05, 4.69) is 0 Å². The summed E-state index contributed by atoms with van der Waals surface area (Å²) < 4.78 is 22.1. The van der Waals surface area contributed by atoms with Crippen LogP contribution in [-0.4, -0.2) is 68.7 Å². The van der Waals surface area contributed by atoms with Crippen LogP contribution in [-0.2, 0) is 16.0 Å². The highest BCUT2D eigenvalue weighted by molar-refractivity contribution is 5.96. The van der Waals surface area contributed by atoms with Crippen molar-refractivity contribution < 1.29 is 28.5 Å². The molecule has 0 radical (unpaired) electrons. The average molecular weight is 525 g/mol. The SMILES string of the molecule is CCOc1ccc([C@H]2C(=O)N(C3CCCCCC3)CC(=O)N2CCc2ccc(OC)c(OC)c2)cc1OC. The molecule has 1 heterocycles. The fraction of sp³-hybridized carbons (Fsp3) is 0.533. The van der Waals surface area contributed by atoms with Crippen molar-refractivity contribution in [1.82, 2.24) is 9.80 Å². The lowest BCUT2D eigenvalue weighted by Gasteiger charge is -2.43. The molecule has 1 aliphatic heterocycles. The van der Waals surface area contributed by atoms with Crippen LogP contribution in [0.4, 0.5) is 0 Å². The zero-order chi connectivity index (χ0) is 27.1. The van der Waals surface area contributed by atoms with E-state index in [0.717, 1.165) is 36.8 Å². The van der Waals surface area contributed by atoms with E-state index in [0.29, 0.717) is 42.6 Å². The molecule has 4 rings (SSSR count). The number of nitrogens with zero attached hydrogens (tertiary/aromatic N) is 2. The van der Waals surface area contributed by atoms with Crippen LogP contribution in [0.25, 0.3) is 0 Å². The van der Waals surface area contributed by atoms with Crippen LogP contribution in [0, 0.1) is 0 Å². The summed E-state index contributed by atoms with van der Waals surface area (Å²) in [4.78, 5) is 31.4. The number of ether oxygens (including phenoxy) is 4. The Morgan fingerprint density at radius 1 is 0.816 bits per heavy atom. The van der Waals surface area contributed by atoms with Crippen LogP contribution in [0.5, 0.6) is 23.0 Å². The van der Waals surface area contributed by atoms with E-state index in [4.69, 9.17) is 18.9 Å². The lowest BCUT2D eigenvalue weighted by Crippen LogP contribution is -2.58. The molecule has 38 heavy (non-hydrogen) atoms. The Morgan fingerprint density at radius 2 is 1.47 bits per heavy atom. The predicted molar refractivity (Wildman–Crippen MR) is 145 cm³/mol. The van der Waals surface area contributed by atoms with E-state index in [-0.39, 0.29) is 24.4 Å². The molecule has 0 bridgehead atoms. The smallest absolute Gasteiger partial charge is 0.250 e. The molecular formula is C30H40N2O6. The molecular weight excluding hydrogens is 484 g/mol. The molecule has 0 N–H and O–H groups in total. The van der Waals surface area contributed by atoms with E-state index in [9.17, 15) is 9.59 Å². The van der Waals surface area contributed by atoms with E-state index in [1.807, 2.05) is 48.2 Å². The van der Waals surface area contributed by atoms with E-state index >= 15 is 0 Å². The Bertz CT molecular complexity index is 1110. The fourth-order valence-corrected chi connectivity index (χ4v) is 5.62. The minimum Gasteiger partial charge on any atom is -0.493 e.